The standard InChI is InChI=1S/C26H28N4O3S2/c1-3-33-15-7-13-27-23-20(24(31)30-17-18(2)10-11-22(30)28-23)16-21-25(32)29(26(34)35-21)14-12-19-8-5-4-6-9-19/h4-6,8-11,16-17,27H,3,7,12-15H2,1-2H3. The van der Waals surface area contributed by atoms with E-state index in [1.54, 1.807) is 17.2 Å². The zero-order chi connectivity index (χ0) is 24.8. The van der Waals surface area contributed by atoms with Gasteiger partial charge in [0.15, 0.2) is 0 Å². The molecule has 2 aromatic heterocycles. The van der Waals surface area contributed by atoms with Crippen LogP contribution in [0.25, 0.3) is 11.7 Å². The molecule has 4 rings (SSSR count). The summed E-state index contributed by atoms with van der Waals surface area (Å²) in [7, 11) is 0. The van der Waals surface area contributed by atoms with E-state index in [1.807, 2.05) is 56.3 Å². The van der Waals surface area contributed by atoms with E-state index >= 15 is 0 Å². The number of benzene rings is 1. The van der Waals surface area contributed by atoms with Gasteiger partial charge in [-0.3, -0.25) is 18.9 Å². The highest BCUT2D eigenvalue weighted by Crippen LogP contribution is 2.33. The molecule has 0 bridgehead atoms. The Labute approximate surface area is 214 Å². The van der Waals surface area contributed by atoms with Gasteiger partial charge < -0.3 is 10.1 Å². The van der Waals surface area contributed by atoms with Crippen LogP contribution in [-0.2, 0) is 16.0 Å². The molecular weight excluding hydrogens is 480 g/mol. The summed E-state index contributed by atoms with van der Waals surface area (Å²) in [5.74, 6) is 0.261. The van der Waals surface area contributed by atoms with E-state index in [0.717, 1.165) is 17.5 Å². The molecular formula is C26H28N4O3S2. The molecule has 7 nitrogen and oxygen atoms in total. The normalized spacial score (nSPS) is 14.9. The first-order valence-corrected chi connectivity index (χ1v) is 12.8. The summed E-state index contributed by atoms with van der Waals surface area (Å²) in [6.45, 7) is 6.23. The van der Waals surface area contributed by atoms with Gasteiger partial charge in [-0.1, -0.05) is 60.4 Å². The number of aryl methyl sites for hydroxylation is 1. The summed E-state index contributed by atoms with van der Waals surface area (Å²) in [5, 5.41) is 3.26. The van der Waals surface area contributed by atoms with Crippen LogP contribution in [0.5, 0.6) is 0 Å². The van der Waals surface area contributed by atoms with Crippen molar-refractivity contribution in [3.63, 3.8) is 0 Å². The number of hydrogen-bond acceptors (Lipinski definition) is 7. The minimum Gasteiger partial charge on any atom is -0.382 e. The van der Waals surface area contributed by atoms with Crippen LogP contribution in [0.15, 0.2) is 58.4 Å². The van der Waals surface area contributed by atoms with Gasteiger partial charge in [-0.25, -0.2) is 4.98 Å². The summed E-state index contributed by atoms with van der Waals surface area (Å²) in [4.78, 5) is 33.3. The first kappa shape index (κ1) is 25.1. The number of nitrogens with zero attached hydrogens (tertiary/aromatic N) is 3. The zero-order valence-corrected chi connectivity index (χ0v) is 21.5. The maximum absolute atomic E-state index is 13.5. The lowest BCUT2D eigenvalue weighted by Gasteiger charge is -2.14. The van der Waals surface area contributed by atoms with Gasteiger partial charge in [0.2, 0.25) is 0 Å². The highest BCUT2D eigenvalue weighted by atomic mass is 32.2. The molecule has 1 saturated heterocycles. The highest BCUT2D eigenvalue weighted by molar-refractivity contribution is 8.26. The first-order chi connectivity index (χ1) is 17.0. The molecule has 0 atom stereocenters. The molecule has 1 fully saturated rings. The Balaban J connectivity index is 1.62. The van der Waals surface area contributed by atoms with E-state index in [2.05, 4.69) is 10.3 Å². The fraction of sp³-hybridized carbons (Fsp3) is 0.308. The highest BCUT2D eigenvalue weighted by Gasteiger charge is 2.32. The summed E-state index contributed by atoms with van der Waals surface area (Å²) in [6, 6.07) is 13.7. The lowest BCUT2D eigenvalue weighted by molar-refractivity contribution is -0.122. The average molecular weight is 509 g/mol. The van der Waals surface area contributed by atoms with Crippen molar-refractivity contribution < 1.29 is 9.53 Å². The number of aromatic nitrogens is 2. The van der Waals surface area contributed by atoms with Crippen LogP contribution in [0.1, 0.15) is 30.0 Å². The van der Waals surface area contributed by atoms with Crippen LogP contribution in [0.4, 0.5) is 5.82 Å². The largest absolute Gasteiger partial charge is 0.382 e. The minimum absolute atomic E-state index is 0.188. The van der Waals surface area contributed by atoms with Crippen LogP contribution in [-0.4, -0.2) is 50.8 Å². The molecule has 35 heavy (non-hydrogen) atoms. The number of rotatable bonds is 10. The Morgan fingerprint density at radius 3 is 2.74 bits per heavy atom. The van der Waals surface area contributed by atoms with Crippen molar-refractivity contribution in [3.05, 3.63) is 80.6 Å². The quantitative estimate of drug-likeness (QED) is 0.249. The van der Waals surface area contributed by atoms with Gasteiger partial charge in [-0.2, -0.15) is 0 Å². The number of thiocarbonyl (C=S) groups is 1. The van der Waals surface area contributed by atoms with E-state index in [-0.39, 0.29) is 11.5 Å². The summed E-state index contributed by atoms with van der Waals surface area (Å²) >= 11 is 6.71. The maximum Gasteiger partial charge on any atom is 0.267 e. The third kappa shape index (κ3) is 5.98. The maximum atomic E-state index is 13.5. The molecule has 182 valence electrons. The fourth-order valence-electron chi connectivity index (χ4n) is 3.76. The number of carbonyl (C=O) groups is 1. The Kier molecular flexibility index (Phi) is 8.33. The topological polar surface area (TPSA) is 75.9 Å². The van der Waals surface area contributed by atoms with Crippen molar-refractivity contribution in [1.82, 2.24) is 14.3 Å². The Hall–Kier alpha value is -3.01. The van der Waals surface area contributed by atoms with Gasteiger partial charge in [0, 0.05) is 32.5 Å². The van der Waals surface area contributed by atoms with Gasteiger partial charge in [0.05, 0.1) is 10.5 Å². The van der Waals surface area contributed by atoms with Gasteiger partial charge in [0.1, 0.15) is 15.8 Å². The van der Waals surface area contributed by atoms with Crippen molar-refractivity contribution in [3.8, 4) is 0 Å². The monoisotopic (exact) mass is 508 g/mol. The molecule has 0 radical (unpaired) electrons. The van der Waals surface area contributed by atoms with Crippen molar-refractivity contribution in [2.45, 2.75) is 26.7 Å². The molecule has 0 aliphatic carbocycles. The Morgan fingerprint density at radius 1 is 1.17 bits per heavy atom. The van der Waals surface area contributed by atoms with Gasteiger partial charge >= 0.3 is 0 Å². The molecule has 1 amide bonds. The number of hydrogen-bond donors (Lipinski definition) is 1. The summed E-state index contributed by atoms with van der Waals surface area (Å²) < 4.78 is 7.41. The third-order valence-electron chi connectivity index (χ3n) is 5.58. The Morgan fingerprint density at radius 2 is 1.97 bits per heavy atom. The van der Waals surface area contributed by atoms with E-state index in [0.29, 0.717) is 59.0 Å². The molecule has 0 saturated carbocycles. The summed E-state index contributed by atoms with van der Waals surface area (Å²) in [5.41, 5.74) is 2.72. The van der Waals surface area contributed by atoms with Crippen LogP contribution in [0.3, 0.4) is 0 Å². The predicted octanol–water partition coefficient (Wildman–Crippen LogP) is 4.29. The molecule has 3 aromatic rings. The number of fused-ring (bicyclic) bond motifs is 1. The van der Waals surface area contributed by atoms with Crippen LogP contribution >= 0.6 is 24.0 Å². The van der Waals surface area contributed by atoms with Crippen molar-refractivity contribution >= 4 is 51.7 Å². The SMILES string of the molecule is CCOCCCNc1nc2ccc(C)cn2c(=O)c1C=C1SC(=S)N(CCc2ccccc2)C1=O. The third-order valence-corrected chi connectivity index (χ3v) is 6.96. The smallest absolute Gasteiger partial charge is 0.267 e. The van der Waals surface area contributed by atoms with Crippen molar-refractivity contribution in [2.24, 2.45) is 0 Å². The van der Waals surface area contributed by atoms with Crippen LogP contribution in [0, 0.1) is 6.92 Å². The second kappa shape index (κ2) is 11.6. The van der Waals surface area contributed by atoms with Gasteiger partial charge in [-0.05, 0) is 50.0 Å². The average Bonchev–Trinajstić information content (AvgIpc) is 3.13. The van der Waals surface area contributed by atoms with E-state index in [9.17, 15) is 9.59 Å². The molecule has 1 aromatic carbocycles. The Bertz CT molecular complexity index is 1320. The molecule has 9 heteroatoms. The minimum atomic E-state index is -0.236. The van der Waals surface area contributed by atoms with Crippen molar-refractivity contribution in [2.75, 3.05) is 31.6 Å². The lowest BCUT2D eigenvalue weighted by atomic mass is 10.1. The second-order valence-corrected chi connectivity index (χ2v) is 9.84. The molecule has 3 heterocycles. The fourth-order valence-corrected chi connectivity index (χ4v) is 5.05. The van der Waals surface area contributed by atoms with E-state index in [1.165, 1.54) is 16.2 Å². The first-order valence-electron chi connectivity index (χ1n) is 11.6. The van der Waals surface area contributed by atoms with Crippen LogP contribution < -0.4 is 10.9 Å². The van der Waals surface area contributed by atoms with E-state index in [4.69, 9.17) is 17.0 Å². The molecule has 0 spiro atoms. The molecule has 1 N–H and O–H groups in total. The number of anilines is 1. The predicted molar refractivity (Wildman–Crippen MR) is 146 cm³/mol. The second-order valence-electron chi connectivity index (χ2n) is 8.16. The molecule has 1 aliphatic rings. The number of carbonyl (C=O) groups excluding carboxylic acids is 1. The number of nitrogens with one attached hydrogen (secondary N) is 1. The van der Waals surface area contributed by atoms with Gasteiger partial charge in [-0.15, -0.1) is 0 Å². The van der Waals surface area contributed by atoms with Crippen LogP contribution in [0.2, 0.25) is 0 Å². The molecule has 1 aliphatic heterocycles. The molecule has 0 unspecified atom stereocenters. The van der Waals surface area contributed by atoms with E-state index < -0.39 is 0 Å². The lowest BCUT2D eigenvalue weighted by Crippen LogP contribution is -2.30. The van der Waals surface area contributed by atoms with Gasteiger partial charge in [0.25, 0.3) is 11.5 Å². The summed E-state index contributed by atoms with van der Waals surface area (Å²) in [6.07, 6.45) is 4.85. The number of ether oxygens (including phenoxy) is 1. The van der Waals surface area contributed by atoms with Crippen molar-refractivity contribution in [1.29, 1.82) is 0 Å². The number of thioether (sulfide) groups is 1. The zero-order valence-electron chi connectivity index (χ0n) is 19.8. The number of amides is 1. The number of pyridine rings is 1.